The second-order valence-corrected chi connectivity index (χ2v) is 3.31. The van der Waals surface area contributed by atoms with Gasteiger partial charge in [-0.05, 0) is 13.0 Å². The fourth-order valence-electron chi connectivity index (χ4n) is 1.42. The molecule has 2 rings (SSSR count). The molecule has 0 unspecified atom stereocenters. The average Bonchev–Trinajstić information content (AvgIpc) is 2.17. The Hall–Kier alpha value is -1.98. The minimum Gasteiger partial charge on any atom is -0.292 e. The summed E-state index contributed by atoms with van der Waals surface area (Å²) in [4.78, 5) is 23.9. The summed E-state index contributed by atoms with van der Waals surface area (Å²) in [7, 11) is 0. The normalized spacial score (nSPS) is 16.5. The number of anilines is 1. The molecule has 15 heavy (non-hydrogen) atoms. The number of hydrogen-bond donors (Lipinski definition) is 1. The number of urea groups is 1. The summed E-state index contributed by atoms with van der Waals surface area (Å²) in [5.41, 5.74) is 1.39. The summed E-state index contributed by atoms with van der Waals surface area (Å²) in [5, 5.41) is 9.80. The maximum atomic E-state index is 11.5. The Morgan fingerprint density at radius 1 is 1.47 bits per heavy atom. The van der Waals surface area contributed by atoms with Gasteiger partial charge in [0, 0.05) is 13.0 Å². The van der Waals surface area contributed by atoms with Crippen LogP contribution in [0, 0.1) is 6.92 Å². The lowest BCUT2D eigenvalue weighted by Gasteiger charge is -2.26. The summed E-state index contributed by atoms with van der Waals surface area (Å²) in [6.45, 7) is 2.18. The molecule has 1 aromatic heterocycles. The Balaban J connectivity index is 2.24. The van der Waals surface area contributed by atoms with Crippen LogP contribution in [0.3, 0.4) is 0 Å². The predicted molar refractivity (Wildman–Crippen MR) is 52.3 cm³/mol. The number of carbonyl (C=O) groups is 2. The molecule has 0 aromatic carbocycles. The molecule has 2 heterocycles. The molecule has 1 fully saturated rings. The molecule has 0 radical (unpaired) electrons. The van der Waals surface area contributed by atoms with Crippen molar-refractivity contribution in [2.24, 2.45) is 0 Å². The van der Waals surface area contributed by atoms with Gasteiger partial charge in [-0.15, -0.1) is 0 Å². The van der Waals surface area contributed by atoms with Gasteiger partial charge in [-0.25, -0.2) is 4.79 Å². The van der Waals surface area contributed by atoms with Crippen molar-refractivity contribution in [2.75, 3.05) is 11.4 Å². The number of aromatic nitrogens is 2. The molecule has 0 aliphatic carbocycles. The van der Waals surface area contributed by atoms with Crippen LogP contribution in [-0.4, -0.2) is 28.7 Å². The van der Waals surface area contributed by atoms with Crippen molar-refractivity contribution in [1.29, 1.82) is 0 Å². The third kappa shape index (κ3) is 1.93. The molecule has 1 saturated heterocycles. The van der Waals surface area contributed by atoms with E-state index in [1.807, 2.05) is 0 Å². The van der Waals surface area contributed by atoms with Crippen LogP contribution in [0.15, 0.2) is 12.3 Å². The van der Waals surface area contributed by atoms with Gasteiger partial charge < -0.3 is 0 Å². The van der Waals surface area contributed by atoms with E-state index >= 15 is 0 Å². The number of rotatable bonds is 1. The first-order valence-corrected chi connectivity index (χ1v) is 4.57. The van der Waals surface area contributed by atoms with E-state index in [1.54, 1.807) is 13.0 Å². The molecule has 0 saturated carbocycles. The maximum absolute atomic E-state index is 11.5. The highest BCUT2D eigenvalue weighted by Crippen LogP contribution is 2.15. The Morgan fingerprint density at radius 2 is 2.27 bits per heavy atom. The monoisotopic (exact) mass is 206 g/mol. The van der Waals surface area contributed by atoms with Crippen LogP contribution in [0.4, 0.5) is 10.5 Å². The molecule has 1 N–H and O–H groups in total. The Morgan fingerprint density at radius 3 is 2.93 bits per heavy atom. The second-order valence-electron chi connectivity index (χ2n) is 3.31. The lowest BCUT2D eigenvalue weighted by atomic mass is 10.2. The molecule has 1 aliphatic rings. The first-order chi connectivity index (χ1) is 7.16. The van der Waals surface area contributed by atoms with Crippen LogP contribution in [0.25, 0.3) is 0 Å². The van der Waals surface area contributed by atoms with Crippen LogP contribution < -0.4 is 10.2 Å². The summed E-state index contributed by atoms with van der Waals surface area (Å²) >= 11 is 0. The molecule has 1 aromatic rings. The first-order valence-electron chi connectivity index (χ1n) is 4.57. The number of nitrogens with one attached hydrogen (secondary N) is 1. The summed E-state index contributed by atoms with van der Waals surface area (Å²) in [6, 6.07) is 1.35. The smallest absolute Gasteiger partial charge is 0.292 e. The van der Waals surface area contributed by atoms with Gasteiger partial charge in [-0.1, -0.05) is 0 Å². The fraction of sp³-hybridized carbons (Fsp3) is 0.333. The third-order valence-corrected chi connectivity index (χ3v) is 2.13. The quantitative estimate of drug-likeness (QED) is 0.713. The molecule has 6 heteroatoms. The minimum atomic E-state index is -0.404. The highest BCUT2D eigenvalue weighted by atomic mass is 16.2. The van der Waals surface area contributed by atoms with Gasteiger partial charge in [0.2, 0.25) is 5.91 Å². The zero-order chi connectivity index (χ0) is 10.8. The van der Waals surface area contributed by atoms with Gasteiger partial charge >= 0.3 is 6.03 Å². The van der Waals surface area contributed by atoms with Gasteiger partial charge in [0.25, 0.3) is 0 Å². The second kappa shape index (κ2) is 3.64. The fourth-order valence-corrected chi connectivity index (χ4v) is 1.42. The Bertz CT molecular complexity index is 418. The van der Waals surface area contributed by atoms with Gasteiger partial charge in [-0.3, -0.25) is 15.0 Å². The third-order valence-electron chi connectivity index (χ3n) is 2.13. The zero-order valence-electron chi connectivity index (χ0n) is 8.23. The van der Waals surface area contributed by atoms with Crippen molar-refractivity contribution in [3.63, 3.8) is 0 Å². The van der Waals surface area contributed by atoms with E-state index in [0.717, 1.165) is 5.69 Å². The van der Waals surface area contributed by atoms with Crippen molar-refractivity contribution < 1.29 is 9.59 Å². The van der Waals surface area contributed by atoms with Crippen LogP contribution in [-0.2, 0) is 4.79 Å². The lowest BCUT2D eigenvalue weighted by molar-refractivity contribution is -0.120. The van der Waals surface area contributed by atoms with Gasteiger partial charge in [0.1, 0.15) is 0 Å². The van der Waals surface area contributed by atoms with Crippen LogP contribution in [0.2, 0.25) is 0 Å². The van der Waals surface area contributed by atoms with Crippen LogP contribution >= 0.6 is 0 Å². The molecular formula is C9H10N4O2. The number of imide groups is 1. The van der Waals surface area contributed by atoms with Crippen LogP contribution in [0.5, 0.6) is 0 Å². The van der Waals surface area contributed by atoms with Gasteiger partial charge in [0.05, 0.1) is 17.6 Å². The van der Waals surface area contributed by atoms with Crippen molar-refractivity contribution in [3.8, 4) is 0 Å². The molecular weight excluding hydrogens is 196 g/mol. The highest BCUT2D eigenvalue weighted by molar-refractivity contribution is 6.05. The van der Waals surface area contributed by atoms with E-state index < -0.39 is 6.03 Å². The van der Waals surface area contributed by atoms with Crippen molar-refractivity contribution >= 4 is 17.6 Å². The molecule has 0 atom stereocenters. The average molecular weight is 206 g/mol. The molecule has 0 bridgehead atoms. The Labute approximate surface area is 86.3 Å². The number of amides is 3. The highest BCUT2D eigenvalue weighted by Gasteiger charge is 2.24. The predicted octanol–water partition coefficient (Wildman–Crippen LogP) is 0.231. The van der Waals surface area contributed by atoms with E-state index in [9.17, 15) is 9.59 Å². The lowest BCUT2D eigenvalue weighted by Crippen LogP contribution is -2.49. The van der Waals surface area contributed by atoms with Crippen molar-refractivity contribution in [1.82, 2.24) is 15.5 Å². The number of nitrogens with zero attached hydrogens (tertiary/aromatic N) is 3. The van der Waals surface area contributed by atoms with E-state index in [2.05, 4.69) is 15.5 Å². The molecule has 78 valence electrons. The summed E-state index contributed by atoms with van der Waals surface area (Å²) < 4.78 is 0. The van der Waals surface area contributed by atoms with Crippen molar-refractivity contribution in [2.45, 2.75) is 13.3 Å². The van der Waals surface area contributed by atoms with E-state index in [1.165, 1.54) is 11.1 Å². The van der Waals surface area contributed by atoms with E-state index in [4.69, 9.17) is 0 Å². The zero-order valence-corrected chi connectivity index (χ0v) is 8.23. The summed E-state index contributed by atoms with van der Waals surface area (Å²) in [5.74, 6) is -0.241. The molecule has 1 aliphatic heterocycles. The number of carbonyl (C=O) groups excluding carboxylic acids is 2. The number of hydrogen-bond acceptors (Lipinski definition) is 4. The first kappa shape index (κ1) is 9.57. The standard InChI is InChI=1S/C9H10N4O2/c1-6-4-7(5-10-12-6)13-3-2-8(14)11-9(13)15/h4-5H,2-3H2,1H3,(H,11,14,15). The maximum Gasteiger partial charge on any atom is 0.328 e. The topological polar surface area (TPSA) is 75.2 Å². The molecule has 6 nitrogen and oxygen atoms in total. The minimum absolute atomic E-state index is 0.241. The van der Waals surface area contributed by atoms with Gasteiger partial charge in [-0.2, -0.15) is 10.2 Å². The SMILES string of the molecule is Cc1cc(N2CCC(=O)NC2=O)cnn1. The van der Waals surface area contributed by atoms with E-state index in [0.29, 0.717) is 18.7 Å². The number of aryl methyl sites for hydroxylation is 1. The van der Waals surface area contributed by atoms with Gasteiger partial charge in [0.15, 0.2) is 0 Å². The van der Waals surface area contributed by atoms with E-state index in [-0.39, 0.29) is 5.91 Å². The molecule has 0 spiro atoms. The molecule has 3 amide bonds. The summed E-state index contributed by atoms with van der Waals surface area (Å²) in [6.07, 6.45) is 1.81. The van der Waals surface area contributed by atoms with Crippen molar-refractivity contribution in [3.05, 3.63) is 18.0 Å². The Kier molecular flexibility index (Phi) is 2.32. The largest absolute Gasteiger partial charge is 0.328 e. The van der Waals surface area contributed by atoms with Crippen LogP contribution in [0.1, 0.15) is 12.1 Å².